The molecular formula is C13H11Cl2FO2. The third-order valence-electron chi connectivity index (χ3n) is 2.43. The Balaban J connectivity index is 2.34. The van der Waals surface area contributed by atoms with Crippen molar-refractivity contribution in [3.8, 4) is 11.3 Å². The average Bonchev–Trinajstić information content (AvgIpc) is 2.72. The highest BCUT2D eigenvalue weighted by atomic mass is 35.5. The maximum absolute atomic E-state index is 13.3. The van der Waals surface area contributed by atoms with Crippen LogP contribution in [0, 0.1) is 5.82 Å². The van der Waals surface area contributed by atoms with E-state index < -0.39 is 11.9 Å². The molecule has 0 aliphatic heterocycles. The Morgan fingerprint density at radius 2 is 1.89 bits per heavy atom. The molecule has 0 bridgehead atoms. The first-order chi connectivity index (χ1) is 8.47. The van der Waals surface area contributed by atoms with Crippen LogP contribution in [0.25, 0.3) is 11.3 Å². The van der Waals surface area contributed by atoms with E-state index in [0.29, 0.717) is 23.5 Å². The van der Waals surface area contributed by atoms with Gasteiger partial charge in [0.1, 0.15) is 11.5 Å². The Kier molecular flexibility index (Phi) is 3.95. The summed E-state index contributed by atoms with van der Waals surface area (Å²) in [6.45, 7) is 1.67. The second kappa shape index (κ2) is 5.31. The SMILES string of the molecule is CC(O)Cc1ccc(-c2cc(Cl)c(F)c(Cl)c2)o1. The largest absolute Gasteiger partial charge is 0.461 e. The van der Waals surface area contributed by atoms with E-state index in [1.165, 1.54) is 12.1 Å². The lowest BCUT2D eigenvalue weighted by atomic mass is 10.2. The van der Waals surface area contributed by atoms with E-state index in [1.54, 1.807) is 19.1 Å². The van der Waals surface area contributed by atoms with Crippen molar-refractivity contribution in [2.45, 2.75) is 19.4 Å². The van der Waals surface area contributed by atoms with Gasteiger partial charge in [-0.3, -0.25) is 0 Å². The topological polar surface area (TPSA) is 33.4 Å². The number of hydrogen-bond acceptors (Lipinski definition) is 2. The molecule has 5 heteroatoms. The number of aliphatic hydroxyl groups excluding tert-OH is 1. The molecule has 0 spiro atoms. The fraction of sp³-hybridized carbons (Fsp3) is 0.231. The molecule has 1 heterocycles. The summed E-state index contributed by atoms with van der Waals surface area (Å²) in [5.74, 6) is 0.545. The minimum atomic E-state index is -0.641. The second-order valence-corrected chi connectivity index (χ2v) is 4.89. The molecule has 96 valence electrons. The zero-order chi connectivity index (χ0) is 13.3. The molecule has 1 N–H and O–H groups in total. The van der Waals surface area contributed by atoms with Crippen LogP contribution in [-0.2, 0) is 6.42 Å². The molecular weight excluding hydrogens is 278 g/mol. The van der Waals surface area contributed by atoms with Gasteiger partial charge in [-0.1, -0.05) is 23.2 Å². The first kappa shape index (κ1) is 13.4. The highest BCUT2D eigenvalue weighted by molar-refractivity contribution is 6.35. The van der Waals surface area contributed by atoms with Crippen LogP contribution in [0.3, 0.4) is 0 Å². The monoisotopic (exact) mass is 288 g/mol. The van der Waals surface area contributed by atoms with Crippen molar-refractivity contribution in [2.75, 3.05) is 0 Å². The van der Waals surface area contributed by atoms with Gasteiger partial charge in [-0.25, -0.2) is 4.39 Å². The van der Waals surface area contributed by atoms with Crippen molar-refractivity contribution in [1.29, 1.82) is 0 Å². The molecule has 0 saturated heterocycles. The molecule has 0 fully saturated rings. The molecule has 0 aliphatic rings. The predicted octanol–water partition coefficient (Wildman–Crippen LogP) is 4.32. The Morgan fingerprint density at radius 1 is 1.28 bits per heavy atom. The molecule has 1 aromatic heterocycles. The maximum Gasteiger partial charge on any atom is 0.160 e. The van der Waals surface area contributed by atoms with Crippen LogP contribution in [0.15, 0.2) is 28.7 Å². The summed E-state index contributed by atoms with van der Waals surface area (Å²) in [6, 6.07) is 6.40. The third-order valence-corrected chi connectivity index (χ3v) is 2.98. The highest BCUT2D eigenvalue weighted by Crippen LogP contribution is 2.31. The molecule has 0 aliphatic carbocycles. The van der Waals surface area contributed by atoms with Crippen molar-refractivity contribution in [3.63, 3.8) is 0 Å². The van der Waals surface area contributed by atoms with Crippen LogP contribution in [-0.4, -0.2) is 11.2 Å². The van der Waals surface area contributed by atoms with Crippen LogP contribution in [0.1, 0.15) is 12.7 Å². The van der Waals surface area contributed by atoms with Crippen LogP contribution in [0.2, 0.25) is 10.0 Å². The number of rotatable bonds is 3. The molecule has 0 amide bonds. The van der Waals surface area contributed by atoms with Crippen molar-refractivity contribution >= 4 is 23.2 Å². The second-order valence-electron chi connectivity index (χ2n) is 4.07. The summed E-state index contributed by atoms with van der Waals surface area (Å²) in [7, 11) is 0. The quantitative estimate of drug-likeness (QED) is 0.854. The normalized spacial score (nSPS) is 12.7. The van der Waals surface area contributed by atoms with Gasteiger partial charge in [0.05, 0.1) is 16.1 Å². The summed E-state index contributed by atoms with van der Waals surface area (Å²) in [6.07, 6.45) is -0.0627. The minimum absolute atomic E-state index is 0.0500. The van der Waals surface area contributed by atoms with Crippen LogP contribution in [0.4, 0.5) is 4.39 Å². The van der Waals surface area contributed by atoms with Gasteiger partial charge in [-0.05, 0) is 31.2 Å². The summed E-state index contributed by atoms with van der Waals surface area (Å²) in [4.78, 5) is 0. The van der Waals surface area contributed by atoms with E-state index in [-0.39, 0.29) is 10.0 Å². The van der Waals surface area contributed by atoms with E-state index in [9.17, 15) is 9.50 Å². The molecule has 18 heavy (non-hydrogen) atoms. The lowest BCUT2D eigenvalue weighted by Gasteiger charge is -2.03. The molecule has 0 radical (unpaired) electrons. The summed E-state index contributed by atoms with van der Waals surface area (Å²) < 4.78 is 18.8. The number of hydrogen-bond donors (Lipinski definition) is 1. The lowest BCUT2D eigenvalue weighted by Crippen LogP contribution is -2.02. The molecule has 1 atom stereocenters. The van der Waals surface area contributed by atoms with Gasteiger partial charge in [0.25, 0.3) is 0 Å². The van der Waals surface area contributed by atoms with Gasteiger partial charge in [0.15, 0.2) is 5.82 Å². The Hall–Kier alpha value is -1.03. The van der Waals surface area contributed by atoms with Crippen LogP contribution in [0.5, 0.6) is 0 Å². The summed E-state index contributed by atoms with van der Waals surface area (Å²) in [5.41, 5.74) is 0.600. The fourth-order valence-corrected chi connectivity index (χ4v) is 2.12. The van der Waals surface area contributed by atoms with E-state index in [0.717, 1.165) is 0 Å². The van der Waals surface area contributed by atoms with Gasteiger partial charge in [0, 0.05) is 12.0 Å². The third kappa shape index (κ3) is 2.86. The molecule has 0 saturated carbocycles. The van der Waals surface area contributed by atoms with Gasteiger partial charge < -0.3 is 9.52 Å². The number of benzene rings is 1. The van der Waals surface area contributed by atoms with Crippen molar-refractivity contribution in [2.24, 2.45) is 0 Å². The minimum Gasteiger partial charge on any atom is -0.461 e. The maximum atomic E-state index is 13.3. The first-order valence-electron chi connectivity index (χ1n) is 5.39. The molecule has 1 unspecified atom stereocenters. The number of aliphatic hydroxyl groups is 1. The van der Waals surface area contributed by atoms with Gasteiger partial charge >= 0.3 is 0 Å². The van der Waals surface area contributed by atoms with E-state index in [2.05, 4.69) is 0 Å². The smallest absolute Gasteiger partial charge is 0.160 e. The van der Waals surface area contributed by atoms with Crippen molar-refractivity contribution in [1.82, 2.24) is 0 Å². The first-order valence-corrected chi connectivity index (χ1v) is 6.14. The van der Waals surface area contributed by atoms with Crippen molar-refractivity contribution in [3.05, 3.63) is 45.9 Å². The van der Waals surface area contributed by atoms with Crippen LogP contribution >= 0.6 is 23.2 Å². The highest BCUT2D eigenvalue weighted by Gasteiger charge is 2.12. The van der Waals surface area contributed by atoms with E-state index in [4.69, 9.17) is 27.6 Å². The molecule has 1 aromatic carbocycles. The van der Waals surface area contributed by atoms with Gasteiger partial charge in [-0.15, -0.1) is 0 Å². The molecule has 2 aromatic rings. The van der Waals surface area contributed by atoms with Gasteiger partial charge in [-0.2, -0.15) is 0 Å². The molecule has 2 nitrogen and oxygen atoms in total. The molecule has 2 rings (SSSR count). The van der Waals surface area contributed by atoms with Crippen LogP contribution < -0.4 is 0 Å². The lowest BCUT2D eigenvalue weighted by molar-refractivity contribution is 0.187. The summed E-state index contributed by atoms with van der Waals surface area (Å²) >= 11 is 11.4. The Bertz CT molecular complexity index is 541. The zero-order valence-electron chi connectivity index (χ0n) is 9.58. The standard InChI is InChI=1S/C13H11Cl2FO2/c1-7(17)4-9-2-3-12(18-9)8-5-10(14)13(16)11(15)6-8/h2-3,5-7,17H,4H2,1H3. The number of furan rings is 1. The van der Waals surface area contributed by atoms with E-state index >= 15 is 0 Å². The fourth-order valence-electron chi connectivity index (χ4n) is 1.63. The average molecular weight is 289 g/mol. The summed E-state index contributed by atoms with van der Waals surface area (Å²) in [5, 5.41) is 9.16. The predicted molar refractivity (Wildman–Crippen MR) is 69.5 cm³/mol. The number of halogens is 3. The zero-order valence-corrected chi connectivity index (χ0v) is 11.1. The van der Waals surface area contributed by atoms with Crippen molar-refractivity contribution < 1.29 is 13.9 Å². The Labute approximate surface area is 114 Å². The van der Waals surface area contributed by atoms with E-state index in [1.807, 2.05) is 0 Å². The Morgan fingerprint density at radius 3 is 2.44 bits per heavy atom. The van der Waals surface area contributed by atoms with Gasteiger partial charge in [0.2, 0.25) is 0 Å².